The van der Waals surface area contributed by atoms with Crippen LogP contribution in [0.4, 0.5) is 10.6 Å². The predicted octanol–water partition coefficient (Wildman–Crippen LogP) is 2.54. The Bertz CT molecular complexity index is 1290. The van der Waals surface area contributed by atoms with Crippen molar-refractivity contribution in [3.63, 3.8) is 0 Å². The molecule has 5 rings (SSSR count). The number of aromatic nitrogens is 4. The molecule has 2 aliphatic rings. The molecule has 13 heteroatoms. The van der Waals surface area contributed by atoms with Gasteiger partial charge in [0, 0.05) is 62.3 Å². The van der Waals surface area contributed by atoms with Crippen LogP contribution in [0.5, 0.6) is 0 Å². The van der Waals surface area contributed by atoms with Gasteiger partial charge in [0.25, 0.3) is 5.91 Å². The van der Waals surface area contributed by atoms with E-state index in [9.17, 15) is 14.4 Å². The van der Waals surface area contributed by atoms with Crippen LogP contribution < -0.4 is 10.6 Å². The number of carboxylic acid groups (broad SMARTS) is 1. The fourth-order valence-corrected chi connectivity index (χ4v) is 5.69. The van der Waals surface area contributed by atoms with Gasteiger partial charge >= 0.3 is 6.09 Å². The van der Waals surface area contributed by atoms with Gasteiger partial charge in [-0.3, -0.25) is 9.59 Å². The third-order valence-electron chi connectivity index (χ3n) is 6.93. The second-order valence-electron chi connectivity index (χ2n) is 9.34. The molecule has 0 spiro atoms. The Morgan fingerprint density at radius 3 is 2.46 bits per heavy atom. The molecule has 0 bridgehead atoms. The minimum atomic E-state index is -1.05. The van der Waals surface area contributed by atoms with Gasteiger partial charge in [-0.05, 0) is 25.7 Å². The number of hydrogen-bond acceptors (Lipinski definition) is 8. The number of nitrogens with zero attached hydrogens (tertiary/aromatic N) is 6. The van der Waals surface area contributed by atoms with Gasteiger partial charge < -0.3 is 25.5 Å². The Hall–Kier alpha value is -3.74. The molecule has 0 aliphatic carbocycles. The van der Waals surface area contributed by atoms with Crippen molar-refractivity contribution >= 4 is 39.9 Å². The third-order valence-corrected chi connectivity index (χ3v) is 7.82. The van der Waals surface area contributed by atoms with E-state index in [1.807, 2.05) is 23.4 Å². The molecule has 0 radical (unpaired) electrons. The molecule has 3 N–H and O–H groups in total. The van der Waals surface area contributed by atoms with E-state index in [4.69, 9.17) is 10.1 Å². The van der Waals surface area contributed by atoms with Crippen LogP contribution in [-0.4, -0.2) is 90.7 Å². The fourth-order valence-electron chi connectivity index (χ4n) is 4.90. The molecule has 37 heavy (non-hydrogen) atoms. The lowest BCUT2D eigenvalue weighted by atomic mass is 10.0. The molecule has 0 atom stereocenters. The monoisotopic (exact) mass is 526 g/mol. The average Bonchev–Trinajstić information content (AvgIpc) is 3.52. The Kier molecular flexibility index (Phi) is 7.22. The molecule has 12 nitrogen and oxygen atoms in total. The van der Waals surface area contributed by atoms with Gasteiger partial charge in [-0.2, -0.15) is 5.10 Å². The summed E-state index contributed by atoms with van der Waals surface area (Å²) in [6.45, 7) is 4.14. The summed E-state index contributed by atoms with van der Waals surface area (Å²) in [6, 6.07) is 1.65. The van der Waals surface area contributed by atoms with E-state index in [2.05, 4.69) is 20.7 Å². The van der Waals surface area contributed by atoms with E-state index >= 15 is 0 Å². The summed E-state index contributed by atoms with van der Waals surface area (Å²) in [5.74, 6) is 0.941. The van der Waals surface area contributed by atoms with Crippen LogP contribution in [0.15, 0.2) is 23.8 Å². The van der Waals surface area contributed by atoms with Crippen LogP contribution in [0, 0.1) is 0 Å². The standard InChI is InChI=1S/C24H30N8O4S/c1-2-20(33)30-7-3-15(4-8-30)26-19-13-18(22(34)31-9-5-16(6-10-31)27-24(35)36)28-21(29-19)17-14-25-32-11-12-37-23(17)32/h11-16,27H,2-10H2,1H3,(H,35,36)(H,26,28,29). The molecule has 5 heterocycles. The Labute approximate surface area is 217 Å². The van der Waals surface area contributed by atoms with Crippen molar-refractivity contribution in [1.29, 1.82) is 0 Å². The minimum Gasteiger partial charge on any atom is -0.465 e. The second-order valence-corrected chi connectivity index (χ2v) is 10.2. The zero-order chi connectivity index (χ0) is 25.9. The van der Waals surface area contributed by atoms with Gasteiger partial charge in [-0.1, -0.05) is 6.92 Å². The average molecular weight is 527 g/mol. The first-order valence-corrected chi connectivity index (χ1v) is 13.4. The van der Waals surface area contributed by atoms with Gasteiger partial charge in [0.1, 0.15) is 16.3 Å². The molecule has 2 fully saturated rings. The lowest BCUT2D eigenvalue weighted by molar-refractivity contribution is -0.131. The summed E-state index contributed by atoms with van der Waals surface area (Å²) in [5.41, 5.74) is 1.03. The summed E-state index contributed by atoms with van der Waals surface area (Å²) < 4.78 is 1.76. The highest BCUT2D eigenvalue weighted by Gasteiger charge is 2.27. The quantitative estimate of drug-likeness (QED) is 0.444. The number of fused-ring (bicyclic) bond motifs is 1. The van der Waals surface area contributed by atoms with E-state index in [-0.39, 0.29) is 29.6 Å². The van der Waals surface area contributed by atoms with Crippen LogP contribution in [-0.2, 0) is 4.79 Å². The number of likely N-dealkylation sites (tertiary alicyclic amines) is 2. The number of nitrogens with one attached hydrogen (secondary N) is 2. The predicted molar refractivity (Wildman–Crippen MR) is 138 cm³/mol. The van der Waals surface area contributed by atoms with Crippen molar-refractivity contribution in [3.8, 4) is 11.4 Å². The van der Waals surface area contributed by atoms with E-state index in [0.717, 1.165) is 23.2 Å². The first kappa shape index (κ1) is 24.9. The lowest BCUT2D eigenvalue weighted by Crippen LogP contribution is -2.46. The van der Waals surface area contributed by atoms with Crippen molar-refractivity contribution in [2.75, 3.05) is 31.5 Å². The molecule has 2 saturated heterocycles. The number of anilines is 1. The molecule has 0 saturated carbocycles. The van der Waals surface area contributed by atoms with Crippen molar-refractivity contribution < 1.29 is 19.5 Å². The molecule has 0 aromatic carbocycles. The third kappa shape index (κ3) is 5.50. The van der Waals surface area contributed by atoms with Gasteiger partial charge in [0.15, 0.2) is 5.82 Å². The van der Waals surface area contributed by atoms with E-state index in [1.54, 1.807) is 21.7 Å². The normalized spacial score (nSPS) is 17.2. The molecular formula is C24H30N8O4S. The SMILES string of the molecule is CCC(=O)N1CCC(Nc2cc(C(=O)N3CCC(NC(=O)O)CC3)nc(-c3cnn4ccsc34)n2)CC1. The highest BCUT2D eigenvalue weighted by atomic mass is 32.1. The van der Waals surface area contributed by atoms with Crippen molar-refractivity contribution in [2.24, 2.45) is 0 Å². The number of hydrogen-bond donors (Lipinski definition) is 3. The molecule has 2 aliphatic heterocycles. The summed E-state index contributed by atoms with van der Waals surface area (Å²) in [6.07, 6.45) is 5.71. The summed E-state index contributed by atoms with van der Waals surface area (Å²) in [4.78, 5) is 50.3. The van der Waals surface area contributed by atoms with Gasteiger partial charge in [0.2, 0.25) is 5.91 Å². The van der Waals surface area contributed by atoms with Crippen LogP contribution >= 0.6 is 11.3 Å². The van der Waals surface area contributed by atoms with Gasteiger partial charge in [-0.15, -0.1) is 11.3 Å². The molecule has 0 unspecified atom stereocenters. The van der Waals surface area contributed by atoms with Crippen molar-refractivity contribution in [1.82, 2.24) is 34.7 Å². The number of carbonyl (C=O) groups is 3. The highest BCUT2D eigenvalue weighted by Crippen LogP contribution is 2.28. The zero-order valence-corrected chi connectivity index (χ0v) is 21.4. The summed E-state index contributed by atoms with van der Waals surface area (Å²) >= 11 is 1.52. The maximum Gasteiger partial charge on any atom is 0.404 e. The first-order valence-electron chi connectivity index (χ1n) is 12.5. The maximum atomic E-state index is 13.5. The topological polar surface area (TPSA) is 145 Å². The number of thiazole rings is 1. The van der Waals surface area contributed by atoms with Gasteiger partial charge in [0.05, 0.1) is 11.8 Å². The van der Waals surface area contributed by atoms with E-state index < -0.39 is 6.09 Å². The maximum absolute atomic E-state index is 13.5. The zero-order valence-electron chi connectivity index (χ0n) is 20.6. The van der Waals surface area contributed by atoms with Gasteiger partial charge in [-0.25, -0.2) is 19.3 Å². The lowest BCUT2D eigenvalue weighted by Gasteiger charge is -2.33. The molecule has 3 aromatic heterocycles. The van der Waals surface area contributed by atoms with Crippen LogP contribution in [0.3, 0.4) is 0 Å². The molecular weight excluding hydrogens is 496 g/mol. The smallest absolute Gasteiger partial charge is 0.404 e. The van der Waals surface area contributed by atoms with E-state index in [1.165, 1.54) is 11.3 Å². The number of carbonyl (C=O) groups excluding carboxylic acids is 2. The molecule has 3 amide bonds. The van der Waals surface area contributed by atoms with Crippen LogP contribution in [0.1, 0.15) is 49.5 Å². The van der Waals surface area contributed by atoms with Crippen molar-refractivity contribution in [3.05, 3.63) is 29.5 Å². The highest BCUT2D eigenvalue weighted by molar-refractivity contribution is 7.16. The van der Waals surface area contributed by atoms with Crippen molar-refractivity contribution in [2.45, 2.75) is 51.1 Å². The summed E-state index contributed by atoms with van der Waals surface area (Å²) in [7, 11) is 0. The Balaban J connectivity index is 1.37. The first-order chi connectivity index (χ1) is 17.9. The molecule has 3 aromatic rings. The number of rotatable bonds is 6. The fraction of sp³-hybridized carbons (Fsp3) is 0.500. The van der Waals surface area contributed by atoms with Crippen LogP contribution in [0.25, 0.3) is 16.2 Å². The largest absolute Gasteiger partial charge is 0.465 e. The Morgan fingerprint density at radius 1 is 1.05 bits per heavy atom. The minimum absolute atomic E-state index is 0.123. The molecule has 196 valence electrons. The second kappa shape index (κ2) is 10.7. The number of amides is 3. The number of piperidine rings is 2. The van der Waals surface area contributed by atoms with E-state index in [0.29, 0.717) is 57.1 Å². The Morgan fingerprint density at radius 2 is 1.76 bits per heavy atom. The summed E-state index contributed by atoms with van der Waals surface area (Å²) in [5, 5.41) is 21.3. The van der Waals surface area contributed by atoms with Crippen LogP contribution in [0.2, 0.25) is 0 Å².